The summed E-state index contributed by atoms with van der Waals surface area (Å²) in [5.41, 5.74) is 7.25. The van der Waals surface area contributed by atoms with Crippen LogP contribution in [0.3, 0.4) is 0 Å². The number of rotatable bonds is 5. The van der Waals surface area contributed by atoms with Gasteiger partial charge in [-0.3, -0.25) is 0 Å². The number of benzene rings is 1. The molecule has 102 valence electrons. The topological polar surface area (TPSA) is 35.2 Å². The number of halogens is 1. The average Bonchev–Trinajstić information content (AvgIpc) is 2.89. The highest BCUT2D eigenvalue weighted by atomic mass is 35.5. The fraction of sp³-hybridized carbons (Fsp3) is 0.333. The highest BCUT2D eigenvalue weighted by Crippen LogP contribution is 2.35. The molecule has 0 fully saturated rings. The molecule has 0 bridgehead atoms. The van der Waals surface area contributed by atoms with Gasteiger partial charge in [-0.05, 0) is 36.2 Å². The molecule has 0 saturated heterocycles. The van der Waals surface area contributed by atoms with Crippen LogP contribution in [-0.2, 0) is 0 Å². The van der Waals surface area contributed by atoms with Crippen LogP contribution in [0.4, 0.5) is 0 Å². The first-order valence-electron chi connectivity index (χ1n) is 6.35. The van der Waals surface area contributed by atoms with Gasteiger partial charge in [0.15, 0.2) is 0 Å². The second-order valence-corrected chi connectivity index (χ2v) is 5.97. The summed E-state index contributed by atoms with van der Waals surface area (Å²) >= 11 is 7.77. The molecule has 2 aromatic rings. The zero-order chi connectivity index (χ0) is 13.8. The predicted octanol–water partition coefficient (Wildman–Crippen LogP) is 4.88. The largest absolute Gasteiger partial charge is 0.495 e. The molecule has 1 aromatic heterocycles. The van der Waals surface area contributed by atoms with E-state index in [4.69, 9.17) is 22.1 Å². The minimum atomic E-state index is 0.137. The van der Waals surface area contributed by atoms with Gasteiger partial charge in [-0.15, -0.1) is 11.3 Å². The first-order valence-corrected chi connectivity index (χ1v) is 7.54. The molecule has 1 atom stereocenters. The summed E-state index contributed by atoms with van der Waals surface area (Å²) in [7, 11) is 1.63. The molecule has 19 heavy (non-hydrogen) atoms. The average molecular weight is 296 g/mol. The van der Waals surface area contributed by atoms with Gasteiger partial charge in [0.2, 0.25) is 0 Å². The summed E-state index contributed by atoms with van der Waals surface area (Å²) in [6, 6.07) is 10.2. The molecule has 0 aliphatic rings. The third-order valence-corrected chi connectivity index (χ3v) is 4.61. The van der Waals surface area contributed by atoms with Gasteiger partial charge in [0.05, 0.1) is 12.1 Å². The summed E-state index contributed by atoms with van der Waals surface area (Å²) in [4.78, 5) is 2.42. The van der Waals surface area contributed by atoms with Gasteiger partial charge in [0.25, 0.3) is 0 Å². The molecule has 0 radical (unpaired) electrons. The number of hydrogen-bond donors (Lipinski definition) is 1. The van der Waals surface area contributed by atoms with Crippen molar-refractivity contribution in [2.75, 3.05) is 7.11 Å². The standard InChI is InChI=1S/C15H18ClNOS/c1-3-4-12(17)15-8-7-14(19-15)10-5-6-11(16)13(9-10)18-2/h5-9,12H,3-4,17H2,1-2H3. The molecular weight excluding hydrogens is 278 g/mol. The quantitative estimate of drug-likeness (QED) is 0.853. The molecule has 0 saturated carbocycles. The smallest absolute Gasteiger partial charge is 0.138 e. The fourth-order valence-electron chi connectivity index (χ4n) is 1.97. The Balaban J connectivity index is 2.27. The molecule has 2 rings (SSSR count). The van der Waals surface area contributed by atoms with E-state index in [1.54, 1.807) is 18.4 Å². The van der Waals surface area contributed by atoms with Gasteiger partial charge in [-0.1, -0.05) is 31.0 Å². The Kier molecular flexibility index (Phi) is 4.86. The molecule has 0 aliphatic heterocycles. The highest BCUT2D eigenvalue weighted by Gasteiger charge is 2.10. The Labute approximate surface area is 123 Å². The van der Waals surface area contributed by atoms with E-state index in [2.05, 4.69) is 19.1 Å². The van der Waals surface area contributed by atoms with E-state index in [1.807, 2.05) is 18.2 Å². The van der Waals surface area contributed by atoms with E-state index in [9.17, 15) is 0 Å². The molecular formula is C15H18ClNOS. The van der Waals surface area contributed by atoms with Crippen molar-refractivity contribution in [1.29, 1.82) is 0 Å². The van der Waals surface area contributed by atoms with Gasteiger partial charge in [-0.2, -0.15) is 0 Å². The number of hydrogen-bond acceptors (Lipinski definition) is 3. The van der Waals surface area contributed by atoms with E-state index in [0.717, 1.165) is 18.4 Å². The van der Waals surface area contributed by atoms with Crippen LogP contribution in [0, 0.1) is 0 Å². The number of ether oxygens (including phenoxy) is 1. The number of methoxy groups -OCH3 is 1. The third kappa shape index (κ3) is 3.30. The van der Waals surface area contributed by atoms with Crippen molar-refractivity contribution in [3.63, 3.8) is 0 Å². The van der Waals surface area contributed by atoms with Crippen molar-refractivity contribution in [2.24, 2.45) is 5.73 Å². The molecule has 1 aromatic carbocycles. The highest BCUT2D eigenvalue weighted by molar-refractivity contribution is 7.15. The molecule has 0 spiro atoms. The lowest BCUT2D eigenvalue weighted by molar-refractivity contribution is 0.415. The summed E-state index contributed by atoms with van der Waals surface area (Å²) in [6.07, 6.45) is 2.12. The van der Waals surface area contributed by atoms with Gasteiger partial charge in [-0.25, -0.2) is 0 Å². The van der Waals surface area contributed by atoms with Crippen LogP contribution in [0.25, 0.3) is 10.4 Å². The van der Waals surface area contributed by atoms with Crippen LogP contribution in [0.2, 0.25) is 5.02 Å². The minimum absolute atomic E-state index is 0.137. The molecule has 0 aliphatic carbocycles. The zero-order valence-corrected chi connectivity index (χ0v) is 12.7. The summed E-state index contributed by atoms with van der Waals surface area (Å²) in [5, 5.41) is 0.630. The van der Waals surface area contributed by atoms with Crippen LogP contribution >= 0.6 is 22.9 Å². The van der Waals surface area contributed by atoms with Crippen LogP contribution in [0.15, 0.2) is 30.3 Å². The van der Waals surface area contributed by atoms with Crippen molar-refractivity contribution in [3.8, 4) is 16.2 Å². The van der Waals surface area contributed by atoms with Crippen molar-refractivity contribution >= 4 is 22.9 Å². The van der Waals surface area contributed by atoms with Gasteiger partial charge >= 0.3 is 0 Å². The van der Waals surface area contributed by atoms with Crippen molar-refractivity contribution < 1.29 is 4.74 Å². The maximum atomic E-state index is 6.14. The van der Waals surface area contributed by atoms with Crippen LogP contribution in [0.1, 0.15) is 30.7 Å². The molecule has 0 amide bonds. The van der Waals surface area contributed by atoms with Crippen LogP contribution < -0.4 is 10.5 Å². The minimum Gasteiger partial charge on any atom is -0.495 e. The maximum Gasteiger partial charge on any atom is 0.138 e. The SMILES string of the molecule is CCCC(N)c1ccc(-c2ccc(Cl)c(OC)c2)s1. The third-order valence-electron chi connectivity index (χ3n) is 3.03. The van der Waals surface area contributed by atoms with E-state index in [-0.39, 0.29) is 6.04 Å². The normalized spacial score (nSPS) is 12.4. The van der Waals surface area contributed by atoms with E-state index in [0.29, 0.717) is 10.8 Å². The monoisotopic (exact) mass is 295 g/mol. The van der Waals surface area contributed by atoms with Gasteiger partial charge in [0, 0.05) is 15.8 Å². The Morgan fingerprint density at radius 3 is 2.79 bits per heavy atom. The number of thiophene rings is 1. The molecule has 2 N–H and O–H groups in total. The Morgan fingerprint density at radius 1 is 1.32 bits per heavy atom. The summed E-state index contributed by atoms with van der Waals surface area (Å²) in [6.45, 7) is 2.15. The van der Waals surface area contributed by atoms with E-state index in [1.165, 1.54) is 9.75 Å². The summed E-state index contributed by atoms with van der Waals surface area (Å²) < 4.78 is 5.25. The second kappa shape index (κ2) is 6.42. The van der Waals surface area contributed by atoms with Crippen molar-refractivity contribution in [2.45, 2.75) is 25.8 Å². The fourth-order valence-corrected chi connectivity index (χ4v) is 3.21. The van der Waals surface area contributed by atoms with E-state index < -0.39 is 0 Å². The van der Waals surface area contributed by atoms with Crippen molar-refractivity contribution in [1.82, 2.24) is 0 Å². The first kappa shape index (κ1) is 14.4. The number of nitrogens with two attached hydrogens (primary N) is 1. The van der Waals surface area contributed by atoms with Gasteiger partial charge in [0.1, 0.15) is 5.75 Å². The second-order valence-electron chi connectivity index (χ2n) is 4.45. The predicted molar refractivity (Wildman–Crippen MR) is 83.2 cm³/mol. The first-order chi connectivity index (χ1) is 9.15. The Bertz CT molecular complexity index is 553. The van der Waals surface area contributed by atoms with Gasteiger partial charge < -0.3 is 10.5 Å². The maximum absolute atomic E-state index is 6.14. The Hall–Kier alpha value is -1.03. The molecule has 4 heteroatoms. The zero-order valence-electron chi connectivity index (χ0n) is 11.2. The van der Waals surface area contributed by atoms with Crippen molar-refractivity contribution in [3.05, 3.63) is 40.2 Å². The molecule has 2 nitrogen and oxygen atoms in total. The van der Waals surface area contributed by atoms with Crippen LogP contribution in [0.5, 0.6) is 5.75 Å². The van der Waals surface area contributed by atoms with Crippen LogP contribution in [-0.4, -0.2) is 7.11 Å². The lowest BCUT2D eigenvalue weighted by atomic mass is 10.1. The summed E-state index contributed by atoms with van der Waals surface area (Å²) in [5.74, 6) is 0.701. The lowest BCUT2D eigenvalue weighted by Crippen LogP contribution is -2.07. The molecule has 1 heterocycles. The lowest BCUT2D eigenvalue weighted by Gasteiger charge is -2.07. The molecule has 1 unspecified atom stereocenters. The Morgan fingerprint density at radius 2 is 2.11 bits per heavy atom. The van der Waals surface area contributed by atoms with E-state index >= 15 is 0 Å².